The molecule has 82 valence electrons. The van der Waals surface area contributed by atoms with Gasteiger partial charge < -0.3 is 10.4 Å². The number of nitrogens with one attached hydrogen (secondary N) is 1. The highest BCUT2D eigenvalue weighted by atomic mass is 32.2. The molecule has 1 aromatic rings. The van der Waals surface area contributed by atoms with E-state index in [1.54, 1.807) is 6.92 Å². The van der Waals surface area contributed by atoms with Crippen molar-refractivity contribution in [1.29, 1.82) is 0 Å². The van der Waals surface area contributed by atoms with Gasteiger partial charge in [-0.15, -0.1) is 0 Å². The third kappa shape index (κ3) is 3.49. The van der Waals surface area contributed by atoms with Crippen LogP contribution in [0.5, 0.6) is 0 Å². The standard InChI is InChI=1S/C9H13N3O2S/c1-6(14)3-10-8-7(5-13)4-11-9(12-8)15-2/h4-6,14H,3H2,1-2H3,(H,10,11,12). The van der Waals surface area contributed by atoms with Gasteiger partial charge in [0.05, 0.1) is 11.7 Å². The van der Waals surface area contributed by atoms with E-state index >= 15 is 0 Å². The van der Waals surface area contributed by atoms with Crippen LogP contribution < -0.4 is 5.32 Å². The lowest BCUT2D eigenvalue weighted by Gasteiger charge is -2.09. The summed E-state index contributed by atoms with van der Waals surface area (Å²) in [6, 6.07) is 0. The third-order valence-electron chi connectivity index (χ3n) is 1.67. The molecule has 0 saturated carbocycles. The monoisotopic (exact) mass is 227 g/mol. The minimum absolute atomic E-state index is 0.353. The van der Waals surface area contributed by atoms with Crippen molar-refractivity contribution in [2.24, 2.45) is 0 Å². The molecule has 0 aliphatic rings. The number of thioether (sulfide) groups is 1. The summed E-state index contributed by atoms with van der Waals surface area (Å²) in [5.41, 5.74) is 0.397. The van der Waals surface area contributed by atoms with E-state index in [0.29, 0.717) is 29.4 Å². The molecule has 1 rings (SSSR count). The molecule has 1 heterocycles. The Bertz CT molecular complexity index is 344. The summed E-state index contributed by atoms with van der Waals surface area (Å²) in [4.78, 5) is 18.8. The lowest BCUT2D eigenvalue weighted by Crippen LogP contribution is -2.17. The van der Waals surface area contributed by atoms with Crippen LogP contribution in [0.15, 0.2) is 11.4 Å². The Morgan fingerprint density at radius 1 is 1.73 bits per heavy atom. The number of nitrogens with zero attached hydrogens (tertiary/aromatic N) is 2. The van der Waals surface area contributed by atoms with Crippen molar-refractivity contribution >= 4 is 23.9 Å². The van der Waals surface area contributed by atoms with Crippen LogP contribution in [-0.2, 0) is 0 Å². The van der Waals surface area contributed by atoms with Crippen molar-refractivity contribution in [3.8, 4) is 0 Å². The second-order valence-electron chi connectivity index (χ2n) is 3.01. The zero-order valence-corrected chi connectivity index (χ0v) is 9.41. The molecule has 6 heteroatoms. The zero-order chi connectivity index (χ0) is 11.3. The Labute approximate surface area is 92.3 Å². The number of aliphatic hydroxyl groups excluding tert-OH is 1. The summed E-state index contributed by atoms with van der Waals surface area (Å²) in [5, 5.41) is 12.6. The lowest BCUT2D eigenvalue weighted by atomic mass is 10.3. The molecular weight excluding hydrogens is 214 g/mol. The second-order valence-corrected chi connectivity index (χ2v) is 3.78. The Morgan fingerprint density at radius 2 is 2.47 bits per heavy atom. The Kier molecular flexibility index (Phi) is 4.51. The van der Waals surface area contributed by atoms with E-state index in [-0.39, 0.29) is 0 Å². The van der Waals surface area contributed by atoms with Crippen LogP contribution in [0.1, 0.15) is 17.3 Å². The molecule has 0 bridgehead atoms. The number of aromatic nitrogens is 2. The molecule has 0 fully saturated rings. The third-order valence-corrected chi connectivity index (χ3v) is 2.23. The van der Waals surface area contributed by atoms with Gasteiger partial charge in [-0.05, 0) is 13.2 Å². The molecule has 1 unspecified atom stereocenters. The van der Waals surface area contributed by atoms with Crippen molar-refractivity contribution in [2.75, 3.05) is 18.1 Å². The Hall–Kier alpha value is -1.14. The van der Waals surface area contributed by atoms with Crippen molar-refractivity contribution in [3.05, 3.63) is 11.8 Å². The zero-order valence-electron chi connectivity index (χ0n) is 8.60. The first-order valence-corrected chi connectivity index (χ1v) is 5.68. The average molecular weight is 227 g/mol. The molecule has 2 N–H and O–H groups in total. The molecule has 15 heavy (non-hydrogen) atoms. The minimum Gasteiger partial charge on any atom is -0.392 e. The normalized spacial score (nSPS) is 12.2. The quantitative estimate of drug-likeness (QED) is 0.440. The maximum atomic E-state index is 10.7. The highest BCUT2D eigenvalue weighted by molar-refractivity contribution is 7.98. The van der Waals surface area contributed by atoms with Crippen molar-refractivity contribution in [2.45, 2.75) is 18.2 Å². The first-order chi connectivity index (χ1) is 7.17. The van der Waals surface area contributed by atoms with E-state index in [4.69, 9.17) is 5.11 Å². The molecule has 0 radical (unpaired) electrons. The van der Waals surface area contributed by atoms with Gasteiger partial charge in [-0.25, -0.2) is 9.97 Å². The number of anilines is 1. The number of hydrogen-bond donors (Lipinski definition) is 2. The van der Waals surface area contributed by atoms with Crippen LogP contribution in [0.3, 0.4) is 0 Å². The molecule has 0 amide bonds. The van der Waals surface area contributed by atoms with Gasteiger partial charge in [-0.3, -0.25) is 4.79 Å². The predicted molar refractivity (Wildman–Crippen MR) is 59.4 cm³/mol. The predicted octanol–water partition coefficient (Wildman–Crippen LogP) is 0.804. The fourth-order valence-electron chi connectivity index (χ4n) is 0.946. The first kappa shape index (κ1) is 11.9. The van der Waals surface area contributed by atoms with E-state index in [9.17, 15) is 4.79 Å². The summed E-state index contributed by atoms with van der Waals surface area (Å²) in [6.07, 6.45) is 3.52. The fraction of sp³-hybridized carbons (Fsp3) is 0.444. The number of rotatable bonds is 5. The molecule has 0 saturated heterocycles. The molecule has 0 spiro atoms. The van der Waals surface area contributed by atoms with Crippen LogP contribution in [-0.4, -0.2) is 40.3 Å². The number of aldehydes is 1. The van der Waals surface area contributed by atoms with Gasteiger partial charge in [-0.2, -0.15) is 0 Å². The van der Waals surface area contributed by atoms with E-state index < -0.39 is 6.10 Å². The number of carbonyl (C=O) groups excluding carboxylic acids is 1. The largest absolute Gasteiger partial charge is 0.392 e. The molecule has 5 nitrogen and oxygen atoms in total. The van der Waals surface area contributed by atoms with Gasteiger partial charge in [0.25, 0.3) is 0 Å². The van der Waals surface area contributed by atoms with Crippen molar-refractivity contribution < 1.29 is 9.90 Å². The lowest BCUT2D eigenvalue weighted by molar-refractivity contribution is 0.112. The topological polar surface area (TPSA) is 75.1 Å². The summed E-state index contributed by atoms with van der Waals surface area (Å²) < 4.78 is 0. The minimum atomic E-state index is -0.489. The number of carbonyl (C=O) groups is 1. The number of aliphatic hydroxyl groups is 1. The summed E-state index contributed by atoms with van der Waals surface area (Å²) >= 11 is 1.40. The second kappa shape index (κ2) is 5.67. The molecule has 0 aromatic carbocycles. The average Bonchev–Trinajstić information content (AvgIpc) is 2.25. The summed E-state index contributed by atoms with van der Waals surface area (Å²) in [5.74, 6) is 0.463. The van der Waals surface area contributed by atoms with Gasteiger partial charge in [0.2, 0.25) is 0 Å². The van der Waals surface area contributed by atoms with Crippen molar-refractivity contribution in [1.82, 2.24) is 9.97 Å². The molecule has 1 aromatic heterocycles. The maximum Gasteiger partial charge on any atom is 0.189 e. The van der Waals surface area contributed by atoms with Crippen LogP contribution in [0.4, 0.5) is 5.82 Å². The van der Waals surface area contributed by atoms with E-state index in [2.05, 4.69) is 15.3 Å². The summed E-state index contributed by atoms with van der Waals surface area (Å²) in [6.45, 7) is 2.01. The van der Waals surface area contributed by atoms with Gasteiger partial charge in [0, 0.05) is 12.7 Å². The van der Waals surface area contributed by atoms with Crippen LogP contribution in [0.2, 0.25) is 0 Å². The van der Waals surface area contributed by atoms with Crippen LogP contribution in [0.25, 0.3) is 0 Å². The van der Waals surface area contributed by atoms with Gasteiger partial charge >= 0.3 is 0 Å². The number of hydrogen-bond acceptors (Lipinski definition) is 6. The summed E-state index contributed by atoms with van der Waals surface area (Å²) in [7, 11) is 0. The van der Waals surface area contributed by atoms with E-state index in [1.165, 1.54) is 18.0 Å². The molecule has 0 aliphatic carbocycles. The van der Waals surface area contributed by atoms with Gasteiger partial charge in [0.15, 0.2) is 11.4 Å². The first-order valence-electron chi connectivity index (χ1n) is 4.45. The van der Waals surface area contributed by atoms with E-state index in [0.717, 1.165) is 0 Å². The highest BCUT2D eigenvalue weighted by Gasteiger charge is 2.06. The SMILES string of the molecule is CSc1ncc(C=O)c(NCC(C)O)n1. The smallest absolute Gasteiger partial charge is 0.189 e. The molecular formula is C9H13N3O2S. The Morgan fingerprint density at radius 3 is 3.00 bits per heavy atom. The van der Waals surface area contributed by atoms with Crippen LogP contribution in [0, 0.1) is 0 Å². The van der Waals surface area contributed by atoms with E-state index in [1.807, 2.05) is 6.26 Å². The maximum absolute atomic E-state index is 10.7. The van der Waals surface area contributed by atoms with Crippen LogP contribution >= 0.6 is 11.8 Å². The van der Waals surface area contributed by atoms with Gasteiger partial charge in [-0.1, -0.05) is 11.8 Å². The molecule has 1 atom stereocenters. The molecule has 0 aliphatic heterocycles. The van der Waals surface area contributed by atoms with Crippen molar-refractivity contribution in [3.63, 3.8) is 0 Å². The van der Waals surface area contributed by atoms with Gasteiger partial charge in [0.1, 0.15) is 5.82 Å². The Balaban J connectivity index is 2.86. The fourth-order valence-corrected chi connectivity index (χ4v) is 1.29. The highest BCUT2D eigenvalue weighted by Crippen LogP contribution is 2.14.